The van der Waals surface area contributed by atoms with Crippen LogP contribution in [0.5, 0.6) is 11.5 Å². The molecule has 0 unspecified atom stereocenters. The van der Waals surface area contributed by atoms with Crippen molar-refractivity contribution in [3.05, 3.63) is 84.2 Å². The number of aromatic nitrogens is 2. The summed E-state index contributed by atoms with van der Waals surface area (Å²) in [7, 11) is 0. The van der Waals surface area contributed by atoms with Gasteiger partial charge in [-0.15, -0.1) is 0 Å². The number of fused-ring (bicyclic) bond motifs is 1. The summed E-state index contributed by atoms with van der Waals surface area (Å²) in [5, 5.41) is 4.47. The van der Waals surface area contributed by atoms with Crippen molar-refractivity contribution in [3.8, 4) is 11.5 Å². The lowest BCUT2D eigenvalue weighted by atomic mass is 10.1. The maximum absolute atomic E-state index is 6.07. The Morgan fingerprint density at radius 2 is 1.69 bits per heavy atom. The monoisotopic (exact) mass is 341 g/mol. The quantitative estimate of drug-likeness (QED) is 0.511. The first-order valence-corrected chi connectivity index (χ1v) is 8.52. The van der Waals surface area contributed by atoms with Crippen LogP contribution in [0.15, 0.2) is 72.9 Å². The van der Waals surface area contributed by atoms with Crippen LogP contribution in [0.25, 0.3) is 11.0 Å². The maximum Gasteiger partial charge on any atom is 0.161 e. The summed E-state index contributed by atoms with van der Waals surface area (Å²) in [6.45, 7) is 4.03. The van der Waals surface area contributed by atoms with Gasteiger partial charge in [0.25, 0.3) is 0 Å². The van der Waals surface area contributed by atoms with Crippen LogP contribution < -0.4 is 10.1 Å². The van der Waals surface area contributed by atoms with Crippen molar-refractivity contribution in [3.63, 3.8) is 0 Å². The Labute approximate surface area is 152 Å². The molecule has 0 aliphatic rings. The maximum atomic E-state index is 6.07. The molecule has 0 bridgehead atoms. The van der Waals surface area contributed by atoms with Crippen LogP contribution in [-0.4, -0.2) is 9.97 Å². The van der Waals surface area contributed by atoms with Crippen molar-refractivity contribution in [2.24, 2.45) is 0 Å². The molecule has 4 rings (SSSR count). The molecule has 0 aliphatic carbocycles. The number of hydrogen-bond acceptors (Lipinski definition) is 4. The molecule has 0 spiro atoms. The molecular formula is C22H19N3O. The third kappa shape index (κ3) is 3.35. The highest BCUT2D eigenvalue weighted by Crippen LogP contribution is 2.34. The first-order valence-electron chi connectivity index (χ1n) is 8.52. The lowest BCUT2D eigenvalue weighted by Gasteiger charge is -2.15. The number of pyridine rings is 2. The number of nitrogens with one attached hydrogen (secondary N) is 1. The molecular weight excluding hydrogens is 322 g/mol. The van der Waals surface area contributed by atoms with Crippen molar-refractivity contribution < 1.29 is 4.74 Å². The van der Waals surface area contributed by atoms with E-state index in [-0.39, 0.29) is 0 Å². The van der Waals surface area contributed by atoms with E-state index in [1.807, 2.05) is 67.6 Å². The van der Waals surface area contributed by atoms with E-state index in [2.05, 4.69) is 28.3 Å². The third-order valence-electron chi connectivity index (χ3n) is 4.12. The second kappa shape index (κ2) is 6.84. The Hall–Kier alpha value is -3.40. The minimum Gasteiger partial charge on any atom is -0.455 e. The van der Waals surface area contributed by atoms with Crippen LogP contribution in [0.2, 0.25) is 0 Å². The molecule has 2 heterocycles. The van der Waals surface area contributed by atoms with E-state index in [0.29, 0.717) is 0 Å². The zero-order valence-electron chi connectivity index (χ0n) is 14.7. The molecule has 0 saturated heterocycles. The van der Waals surface area contributed by atoms with E-state index in [0.717, 1.165) is 45.2 Å². The Kier molecular flexibility index (Phi) is 4.23. The van der Waals surface area contributed by atoms with Gasteiger partial charge in [-0.25, -0.2) is 9.97 Å². The summed E-state index contributed by atoms with van der Waals surface area (Å²) in [6, 6.07) is 21.9. The highest BCUT2D eigenvalue weighted by Gasteiger charge is 2.09. The Bertz CT molecular complexity index is 1060. The van der Waals surface area contributed by atoms with Crippen molar-refractivity contribution in [1.82, 2.24) is 9.97 Å². The minimum absolute atomic E-state index is 0.730. The summed E-state index contributed by atoms with van der Waals surface area (Å²) < 4.78 is 6.07. The van der Waals surface area contributed by atoms with Gasteiger partial charge in [0.2, 0.25) is 0 Å². The summed E-state index contributed by atoms with van der Waals surface area (Å²) >= 11 is 0. The predicted molar refractivity (Wildman–Crippen MR) is 105 cm³/mol. The van der Waals surface area contributed by atoms with Gasteiger partial charge >= 0.3 is 0 Å². The van der Waals surface area contributed by atoms with Crippen LogP contribution in [0.4, 0.5) is 11.4 Å². The minimum atomic E-state index is 0.730. The van der Waals surface area contributed by atoms with E-state index in [4.69, 9.17) is 4.74 Å². The predicted octanol–water partition coefficient (Wildman–Crippen LogP) is 5.78. The van der Waals surface area contributed by atoms with Gasteiger partial charge in [-0.05, 0) is 61.9 Å². The number of nitrogens with zero attached hydrogens (tertiary/aromatic N) is 2. The van der Waals surface area contributed by atoms with Gasteiger partial charge in [0, 0.05) is 17.3 Å². The highest BCUT2D eigenvalue weighted by atomic mass is 16.5. The Balaban J connectivity index is 1.73. The summed E-state index contributed by atoms with van der Waals surface area (Å²) in [5.41, 5.74) is 4.69. The van der Waals surface area contributed by atoms with Crippen LogP contribution >= 0.6 is 0 Å². The molecule has 128 valence electrons. The average Bonchev–Trinajstić information content (AvgIpc) is 2.65. The first-order chi connectivity index (χ1) is 12.7. The van der Waals surface area contributed by atoms with Crippen molar-refractivity contribution in [1.29, 1.82) is 0 Å². The lowest BCUT2D eigenvalue weighted by Crippen LogP contribution is -1.97. The number of anilines is 2. The van der Waals surface area contributed by atoms with Gasteiger partial charge in [-0.2, -0.15) is 0 Å². The van der Waals surface area contributed by atoms with Gasteiger partial charge in [-0.3, -0.25) is 0 Å². The van der Waals surface area contributed by atoms with Crippen LogP contribution in [0.3, 0.4) is 0 Å². The lowest BCUT2D eigenvalue weighted by molar-refractivity contribution is 0.485. The van der Waals surface area contributed by atoms with Gasteiger partial charge in [0.05, 0.1) is 11.4 Å². The summed E-state index contributed by atoms with van der Waals surface area (Å²) in [6.07, 6.45) is 1.77. The number of ether oxygens (including phenoxy) is 1. The molecule has 0 radical (unpaired) electrons. The SMILES string of the molecule is Cc1ccc(Oc2ccccc2)c(Nc2ccnc3nc(C)ccc23)c1. The number of benzene rings is 2. The van der Waals surface area contributed by atoms with Gasteiger partial charge in [0.1, 0.15) is 5.75 Å². The smallest absolute Gasteiger partial charge is 0.161 e. The van der Waals surface area contributed by atoms with E-state index >= 15 is 0 Å². The van der Waals surface area contributed by atoms with Crippen LogP contribution in [-0.2, 0) is 0 Å². The Morgan fingerprint density at radius 1 is 0.846 bits per heavy atom. The normalized spacial score (nSPS) is 10.7. The number of para-hydroxylation sites is 1. The topological polar surface area (TPSA) is 47.0 Å². The van der Waals surface area contributed by atoms with E-state index in [1.54, 1.807) is 6.20 Å². The van der Waals surface area contributed by atoms with Crippen molar-refractivity contribution >= 4 is 22.4 Å². The largest absolute Gasteiger partial charge is 0.455 e. The zero-order valence-corrected chi connectivity index (χ0v) is 14.7. The van der Waals surface area contributed by atoms with E-state index in [9.17, 15) is 0 Å². The molecule has 0 aliphatic heterocycles. The fourth-order valence-corrected chi connectivity index (χ4v) is 2.82. The van der Waals surface area contributed by atoms with Gasteiger partial charge in [0.15, 0.2) is 11.4 Å². The molecule has 4 aromatic rings. The number of aryl methyl sites for hydroxylation is 2. The highest BCUT2D eigenvalue weighted by molar-refractivity contribution is 5.91. The molecule has 2 aromatic heterocycles. The van der Waals surface area contributed by atoms with Gasteiger partial charge in [-0.1, -0.05) is 24.3 Å². The van der Waals surface area contributed by atoms with Crippen LogP contribution in [0.1, 0.15) is 11.3 Å². The third-order valence-corrected chi connectivity index (χ3v) is 4.12. The Morgan fingerprint density at radius 3 is 2.54 bits per heavy atom. The average molecular weight is 341 g/mol. The standard InChI is InChI=1S/C22H19N3O/c1-15-8-11-21(26-17-6-4-3-5-7-17)20(14-15)25-19-12-13-23-22-18(19)10-9-16(2)24-22/h3-14H,1-2H3,(H,23,24,25). The summed E-state index contributed by atoms with van der Waals surface area (Å²) in [4.78, 5) is 8.87. The second-order valence-electron chi connectivity index (χ2n) is 6.22. The van der Waals surface area contributed by atoms with Gasteiger partial charge < -0.3 is 10.1 Å². The fourth-order valence-electron chi connectivity index (χ4n) is 2.82. The molecule has 26 heavy (non-hydrogen) atoms. The molecule has 2 aromatic carbocycles. The fraction of sp³-hybridized carbons (Fsp3) is 0.0909. The van der Waals surface area contributed by atoms with Crippen molar-refractivity contribution in [2.45, 2.75) is 13.8 Å². The van der Waals surface area contributed by atoms with Crippen molar-refractivity contribution in [2.75, 3.05) is 5.32 Å². The zero-order chi connectivity index (χ0) is 17.9. The molecule has 4 nitrogen and oxygen atoms in total. The number of hydrogen-bond donors (Lipinski definition) is 1. The molecule has 1 N–H and O–H groups in total. The summed E-state index contributed by atoms with van der Waals surface area (Å²) in [5.74, 6) is 1.57. The van der Waals surface area contributed by atoms with E-state index in [1.165, 1.54) is 0 Å². The number of rotatable bonds is 4. The molecule has 4 heteroatoms. The first kappa shape index (κ1) is 16.1. The molecule has 0 amide bonds. The van der Waals surface area contributed by atoms with E-state index < -0.39 is 0 Å². The second-order valence-corrected chi connectivity index (χ2v) is 6.22. The van der Waals surface area contributed by atoms with Crippen LogP contribution in [0, 0.1) is 13.8 Å². The molecule has 0 fully saturated rings. The molecule has 0 atom stereocenters. The molecule has 0 saturated carbocycles.